The van der Waals surface area contributed by atoms with Crippen molar-refractivity contribution in [2.24, 2.45) is 0 Å². The van der Waals surface area contributed by atoms with Crippen LogP contribution in [0.3, 0.4) is 0 Å². The van der Waals surface area contributed by atoms with Gasteiger partial charge in [-0.25, -0.2) is 14.2 Å². The molecule has 1 aliphatic rings. The van der Waals surface area contributed by atoms with Gasteiger partial charge in [0.1, 0.15) is 16.9 Å². The highest BCUT2D eigenvalue weighted by Crippen LogP contribution is 2.42. The molecule has 1 saturated heterocycles. The van der Waals surface area contributed by atoms with Crippen LogP contribution < -0.4 is 15.5 Å². The molecule has 3 aromatic rings. The number of carbonyl (C=O) groups excluding carboxylic acids is 2. The first-order chi connectivity index (χ1) is 17.6. The SMILES string of the molecule is CNC(=O)c1cc(Cl)c(F)cc1NC(=O)C1(c2ccccc2C(C)C)CN(c2ccc(C(=O)O)nc2)C1. The molecule has 0 aliphatic carbocycles. The zero-order valence-electron chi connectivity index (χ0n) is 20.5. The number of amides is 2. The van der Waals surface area contributed by atoms with Gasteiger partial charge in [-0.05, 0) is 41.3 Å². The molecule has 0 atom stereocenters. The minimum absolute atomic E-state index is 0.0126. The number of nitrogens with zero attached hydrogens (tertiary/aromatic N) is 2. The summed E-state index contributed by atoms with van der Waals surface area (Å²) in [6.45, 7) is 4.60. The number of pyridine rings is 1. The molecule has 0 bridgehead atoms. The lowest BCUT2D eigenvalue weighted by Gasteiger charge is -2.51. The van der Waals surface area contributed by atoms with E-state index < -0.39 is 29.0 Å². The van der Waals surface area contributed by atoms with Crippen LogP contribution in [0, 0.1) is 5.82 Å². The molecule has 8 nitrogen and oxygen atoms in total. The molecule has 0 unspecified atom stereocenters. The van der Waals surface area contributed by atoms with Crippen LogP contribution in [0.5, 0.6) is 0 Å². The number of carbonyl (C=O) groups is 3. The van der Waals surface area contributed by atoms with Crippen LogP contribution in [0.25, 0.3) is 0 Å². The Bertz CT molecular complexity index is 1370. The molecule has 192 valence electrons. The largest absolute Gasteiger partial charge is 0.477 e. The van der Waals surface area contributed by atoms with Crippen molar-refractivity contribution in [3.63, 3.8) is 0 Å². The molecule has 10 heteroatoms. The molecule has 1 aromatic heterocycles. The Morgan fingerprint density at radius 2 is 1.84 bits per heavy atom. The number of rotatable bonds is 7. The third-order valence-corrected chi connectivity index (χ3v) is 6.86. The zero-order valence-corrected chi connectivity index (χ0v) is 21.3. The van der Waals surface area contributed by atoms with E-state index in [-0.39, 0.29) is 41.0 Å². The maximum atomic E-state index is 14.4. The van der Waals surface area contributed by atoms with Crippen molar-refractivity contribution in [2.75, 3.05) is 30.4 Å². The molecular weight excluding hydrogens is 499 g/mol. The van der Waals surface area contributed by atoms with E-state index in [1.165, 1.54) is 25.4 Å². The molecule has 2 aromatic carbocycles. The highest BCUT2D eigenvalue weighted by molar-refractivity contribution is 6.31. The lowest BCUT2D eigenvalue weighted by atomic mass is 9.69. The van der Waals surface area contributed by atoms with Crippen LogP contribution in [0.15, 0.2) is 54.7 Å². The minimum atomic E-state index is -1.13. The molecule has 0 saturated carbocycles. The van der Waals surface area contributed by atoms with Gasteiger partial charge < -0.3 is 20.6 Å². The van der Waals surface area contributed by atoms with E-state index in [1.807, 2.05) is 43.0 Å². The number of carboxylic acid groups (broad SMARTS) is 1. The highest BCUT2D eigenvalue weighted by Gasteiger charge is 2.52. The summed E-state index contributed by atoms with van der Waals surface area (Å²) in [6, 6.07) is 12.9. The Labute approximate surface area is 218 Å². The average Bonchev–Trinajstić information content (AvgIpc) is 2.85. The number of benzene rings is 2. The minimum Gasteiger partial charge on any atom is -0.477 e. The number of hydrogen-bond donors (Lipinski definition) is 3. The normalized spacial score (nSPS) is 14.2. The van der Waals surface area contributed by atoms with Crippen LogP contribution in [0.4, 0.5) is 15.8 Å². The molecule has 2 heterocycles. The number of anilines is 2. The van der Waals surface area contributed by atoms with Crippen molar-refractivity contribution in [2.45, 2.75) is 25.2 Å². The van der Waals surface area contributed by atoms with Crippen LogP contribution >= 0.6 is 11.6 Å². The molecule has 0 spiro atoms. The zero-order chi connectivity index (χ0) is 26.9. The van der Waals surface area contributed by atoms with Crippen molar-refractivity contribution in [3.05, 3.63) is 88.0 Å². The van der Waals surface area contributed by atoms with Crippen molar-refractivity contribution in [1.82, 2.24) is 10.3 Å². The summed E-state index contributed by atoms with van der Waals surface area (Å²) in [6.07, 6.45) is 1.46. The van der Waals surface area contributed by atoms with Crippen LogP contribution in [0.2, 0.25) is 5.02 Å². The molecular formula is C27H26ClFN4O4. The van der Waals surface area contributed by atoms with Gasteiger partial charge in [0, 0.05) is 20.1 Å². The van der Waals surface area contributed by atoms with E-state index in [9.17, 15) is 18.8 Å². The topological polar surface area (TPSA) is 112 Å². The van der Waals surface area contributed by atoms with Crippen molar-refractivity contribution >= 4 is 40.8 Å². The van der Waals surface area contributed by atoms with Gasteiger partial charge in [0.05, 0.1) is 28.2 Å². The second-order valence-corrected chi connectivity index (χ2v) is 9.64. The van der Waals surface area contributed by atoms with Crippen LogP contribution in [-0.4, -0.2) is 48.0 Å². The van der Waals surface area contributed by atoms with E-state index in [0.717, 1.165) is 17.2 Å². The van der Waals surface area contributed by atoms with Crippen molar-refractivity contribution in [3.8, 4) is 0 Å². The summed E-state index contributed by atoms with van der Waals surface area (Å²) in [4.78, 5) is 43.5. The Balaban J connectivity index is 1.73. The summed E-state index contributed by atoms with van der Waals surface area (Å²) >= 11 is 5.90. The first-order valence-corrected chi connectivity index (χ1v) is 12.0. The number of halogens is 2. The Kier molecular flexibility index (Phi) is 7.18. The fourth-order valence-corrected chi connectivity index (χ4v) is 4.74. The van der Waals surface area contributed by atoms with Gasteiger partial charge in [0.2, 0.25) is 5.91 Å². The smallest absolute Gasteiger partial charge is 0.354 e. The quantitative estimate of drug-likeness (QED) is 0.421. The Morgan fingerprint density at radius 1 is 1.14 bits per heavy atom. The van der Waals surface area contributed by atoms with Gasteiger partial charge in [0.25, 0.3) is 5.91 Å². The summed E-state index contributed by atoms with van der Waals surface area (Å²) in [5.74, 6) is -2.69. The Hall–Kier alpha value is -3.98. The molecule has 3 N–H and O–H groups in total. The van der Waals surface area contributed by atoms with Crippen molar-refractivity contribution in [1.29, 1.82) is 0 Å². The first kappa shape index (κ1) is 26.1. The summed E-state index contributed by atoms with van der Waals surface area (Å²) in [5.41, 5.74) is 1.43. The number of aromatic nitrogens is 1. The van der Waals surface area contributed by atoms with E-state index >= 15 is 0 Å². The first-order valence-electron chi connectivity index (χ1n) is 11.6. The maximum Gasteiger partial charge on any atom is 0.354 e. The third-order valence-electron chi connectivity index (χ3n) is 6.57. The van der Waals surface area contributed by atoms with E-state index in [4.69, 9.17) is 16.7 Å². The number of carboxylic acids is 1. The van der Waals surface area contributed by atoms with E-state index in [0.29, 0.717) is 5.69 Å². The van der Waals surface area contributed by atoms with Gasteiger partial charge in [-0.1, -0.05) is 49.7 Å². The molecule has 4 rings (SSSR count). The number of nitrogens with one attached hydrogen (secondary N) is 2. The monoisotopic (exact) mass is 524 g/mol. The van der Waals surface area contributed by atoms with Gasteiger partial charge >= 0.3 is 5.97 Å². The Morgan fingerprint density at radius 3 is 2.43 bits per heavy atom. The molecule has 1 aliphatic heterocycles. The third kappa shape index (κ3) is 4.86. The fraction of sp³-hybridized carbons (Fsp3) is 0.259. The second-order valence-electron chi connectivity index (χ2n) is 9.23. The fourth-order valence-electron chi connectivity index (χ4n) is 4.57. The number of hydrogen-bond acceptors (Lipinski definition) is 5. The lowest BCUT2D eigenvalue weighted by Crippen LogP contribution is -2.65. The standard InChI is InChI=1S/C27H26ClFN4O4/c1-15(2)17-6-4-5-7-19(17)27(13-33(14-27)16-8-9-22(25(35)36)31-12-16)26(37)32-23-11-21(29)20(28)10-18(23)24(34)30-3/h4-12,15H,13-14H2,1-3H3,(H,30,34)(H,32,37)(H,35,36). The maximum absolute atomic E-state index is 14.4. The summed E-state index contributed by atoms with van der Waals surface area (Å²) in [7, 11) is 1.43. The van der Waals surface area contributed by atoms with Gasteiger partial charge in [0.15, 0.2) is 0 Å². The van der Waals surface area contributed by atoms with Gasteiger partial charge in [-0.3, -0.25) is 9.59 Å². The predicted octanol–water partition coefficient (Wildman–Crippen LogP) is 4.45. The molecule has 1 fully saturated rings. The van der Waals surface area contributed by atoms with Crippen LogP contribution in [-0.2, 0) is 10.2 Å². The van der Waals surface area contributed by atoms with Crippen LogP contribution in [0.1, 0.15) is 51.7 Å². The summed E-state index contributed by atoms with van der Waals surface area (Å²) < 4.78 is 14.4. The number of aromatic carboxylic acids is 1. The van der Waals surface area contributed by atoms with Gasteiger partial charge in [-0.15, -0.1) is 0 Å². The highest BCUT2D eigenvalue weighted by atomic mass is 35.5. The predicted molar refractivity (Wildman–Crippen MR) is 139 cm³/mol. The average molecular weight is 525 g/mol. The van der Waals surface area contributed by atoms with E-state index in [1.54, 1.807) is 6.07 Å². The molecule has 2 amide bonds. The molecule has 37 heavy (non-hydrogen) atoms. The van der Waals surface area contributed by atoms with Crippen molar-refractivity contribution < 1.29 is 23.9 Å². The second kappa shape index (κ2) is 10.2. The van der Waals surface area contributed by atoms with E-state index in [2.05, 4.69) is 15.6 Å². The molecule has 0 radical (unpaired) electrons. The van der Waals surface area contributed by atoms with Gasteiger partial charge in [-0.2, -0.15) is 0 Å². The summed E-state index contributed by atoms with van der Waals surface area (Å²) in [5, 5.41) is 14.2. The lowest BCUT2D eigenvalue weighted by molar-refractivity contribution is -0.122.